The summed E-state index contributed by atoms with van der Waals surface area (Å²) >= 11 is 0. The predicted molar refractivity (Wildman–Crippen MR) is 92.9 cm³/mol. The Bertz CT molecular complexity index is 592. The fraction of sp³-hybridized carbons (Fsp3) is 0.333. The minimum Gasteiger partial charge on any atom is -0.376 e. The van der Waals surface area contributed by atoms with E-state index in [2.05, 4.69) is 48.6 Å². The molecule has 1 fully saturated rings. The van der Waals surface area contributed by atoms with Crippen molar-refractivity contribution >= 4 is 0 Å². The summed E-state index contributed by atoms with van der Waals surface area (Å²) < 4.78 is 11.4. The second-order valence-electron chi connectivity index (χ2n) is 6.09. The standard InChI is InChI=1S/C21H24O2/c1-3-8-18(9-4-1)15-22-13-7-12-20-14-21(20)17-23-16-19-10-5-2-6-11-19/h1-12,20-21H,13-17H2/b12-7+/t20-,21+/m1/s1. The highest BCUT2D eigenvalue weighted by atomic mass is 16.5. The van der Waals surface area contributed by atoms with E-state index < -0.39 is 0 Å². The van der Waals surface area contributed by atoms with Crippen LogP contribution >= 0.6 is 0 Å². The average Bonchev–Trinajstić information content (AvgIpc) is 3.35. The Morgan fingerprint density at radius 1 is 0.826 bits per heavy atom. The van der Waals surface area contributed by atoms with E-state index in [-0.39, 0.29) is 0 Å². The molecule has 3 rings (SSSR count). The Hall–Kier alpha value is -1.90. The van der Waals surface area contributed by atoms with E-state index in [9.17, 15) is 0 Å². The summed E-state index contributed by atoms with van der Waals surface area (Å²) in [6.07, 6.45) is 5.66. The number of ether oxygens (including phenoxy) is 2. The van der Waals surface area contributed by atoms with Crippen LogP contribution in [-0.2, 0) is 22.7 Å². The number of allylic oxidation sites excluding steroid dienone is 1. The van der Waals surface area contributed by atoms with Gasteiger partial charge in [-0.2, -0.15) is 0 Å². The summed E-state index contributed by atoms with van der Waals surface area (Å²) in [5.74, 6) is 1.36. The van der Waals surface area contributed by atoms with Gasteiger partial charge in [-0.05, 0) is 29.4 Å². The van der Waals surface area contributed by atoms with Crippen LogP contribution in [0.3, 0.4) is 0 Å². The summed E-state index contributed by atoms with van der Waals surface area (Å²) in [6, 6.07) is 20.6. The van der Waals surface area contributed by atoms with Crippen LogP contribution in [0.5, 0.6) is 0 Å². The molecular formula is C21H24O2. The first-order valence-electron chi connectivity index (χ1n) is 8.32. The maximum Gasteiger partial charge on any atom is 0.0721 e. The molecule has 0 bridgehead atoms. The van der Waals surface area contributed by atoms with Gasteiger partial charge in [0.1, 0.15) is 0 Å². The van der Waals surface area contributed by atoms with E-state index in [1.807, 2.05) is 24.3 Å². The van der Waals surface area contributed by atoms with E-state index in [0.29, 0.717) is 31.7 Å². The van der Waals surface area contributed by atoms with Crippen molar-refractivity contribution < 1.29 is 9.47 Å². The van der Waals surface area contributed by atoms with Crippen molar-refractivity contribution in [1.82, 2.24) is 0 Å². The van der Waals surface area contributed by atoms with Crippen molar-refractivity contribution in [2.24, 2.45) is 11.8 Å². The lowest BCUT2D eigenvalue weighted by molar-refractivity contribution is 0.109. The summed E-state index contributed by atoms with van der Waals surface area (Å²) in [6.45, 7) is 2.94. The van der Waals surface area contributed by atoms with Gasteiger partial charge >= 0.3 is 0 Å². The highest BCUT2D eigenvalue weighted by molar-refractivity contribution is 5.14. The van der Waals surface area contributed by atoms with Crippen molar-refractivity contribution in [3.63, 3.8) is 0 Å². The predicted octanol–water partition coefficient (Wildman–Crippen LogP) is 4.61. The van der Waals surface area contributed by atoms with Crippen LogP contribution in [0.2, 0.25) is 0 Å². The second kappa shape index (κ2) is 8.66. The summed E-state index contributed by atoms with van der Waals surface area (Å²) in [7, 11) is 0. The van der Waals surface area contributed by atoms with Gasteiger partial charge in [-0.25, -0.2) is 0 Å². The smallest absolute Gasteiger partial charge is 0.0721 e. The normalized spacial score (nSPS) is 20.0. The largest absolute Gasteiger partial charge is 0.376 e. The molecule has 2 aromatic carbocycles. The zero-order valence-electron chi connectivity index (χ0n) is 13.4. The topological polar surface area (TPSA) is 18.5 Å². The molecule has 2 nitrogen and oxygen atoms in total. The molecule has 2 atom stereocenters. The summed E-state index contributed by atoms with van der Waals surface area (Å²) in [5.41, 5.74) is 2.47. The van der Waals surface area contributed by atoms with Crippen molar-refractivity contribution in [3.05, 3.63) is 83.9 Å². The van der Waals surface area contributed by atoms with Crippen LogP contribution in [0.15, 0.2) is 72.8 Å². The molecule has 0 aliphatic heterocycles. The zero-order chi connectivity index (χ0) is 15.7. The van der Waals surface area contributed by atoms with E-state index >= 15 is 0 Å². The first-order chi connectivity index (χ1) is 11.4. The highest BCUT2D eigenvalue weighted by Gasteiger charge is 2.34. The molecule has 0 amide bonds. The van der Waals surface area contributed by atoms with Gasteiger partial charge < -0.3 is 9.47 Å². The highest BCUT2D eigenvalue weighted by Crippen LogP contribution is 2.39. The Labute approximate surface area is 138 Å². The Morgan fingerprint density at radius 3 is 2.09 bits per heavy atom. The molecule has 1 saturated carbocycles. The van der Waals surface area contributed by atoms with Crippen molar-refractivity contribution in [1.29, 1.82) is 0 Å². The number of benzene rings is 2. The van der Waals surface area contributed by atoms with E-state index in [4.69, 9.17) is 9.47 Å². The lowest BCUT2D eigenvalue weighted by Gasteiger charge is -2.03. The van der Waals surface area contributed by atoms with Crippen molar-refractivity contribution in [3.8, 4) is 0 Å². The van der Waals surface area contributed by atoms with Gasteiger partial charge in [0.05, 0.1) is 26.4 Å². The Morgan fingerprint density at radius 2 is 1.43 bits per heavy atom. The fourth-order valence-corrected chi connectivity index (χ4v) is 2.65. The second-order valence-corrected chi connectivity index (χ2v) is 6.09. The minimum absolute atomic E-state index is 0.672. The third-order valence-electron chi connectivity index (χ3n) is 4.13. The van der Waals surface area contributed by atoms with Crippen LogP contribution < -0.4 is 0 Å². The molecule has 0 radical (unpaired) electrons. The average molecular weight is 308 g/mol. The molecule has 0 saturated heterocycles. The third kappa shape index (κ3) is 5.66. The molecule has 0 spiro atoms. The first kappa shape index (κ1) is 16.0. The van der Waals surface area contributed by atoms with Gasteiger partial charge in [-0.1, -0.05) is 72.8 Å². The maximum absolute atomic E-state index is 5.79. The Kier molecular flexibility index (Phi) is 6.01. The molecule has 0 N–H and O–H groups in total. The molecular weight excluding hydrogens is 284 g/mol. The first-order valence-corrected chi connectivity index (χ1v) is 8.32. The maximum atomic E-state index is 5.79. The molecule has 120 valence electrons. The Balaban J connectivity index is 1.25. The van der Waals surface area contributed by atoms with Crippen LogP contribution in [0, 0.1) is 11.8 Å². The van der Waals surface area contributed by atoms with Crippen LogP contribution in [0.4, 0.5) is 0 Å². The lowest BCUT2D eigenvalue weighted by atomic mass is 10.2. The monoisotopic (exact) mass is 308 g/mol. The summed E-state index contributed by atoms with van der Waals surface area (Å²) in [4.78, 5) is 0. The SMILES string of the molecule is C(=C\[C@@H]1C[C@H]1COCc1ccccc1)/COCc1ccccc1. The quantitative estimate of drug-likeness (QED) is 0.497. The molecule has 0 aromatic heterocycles. The molecule has 2 heteroatoms. The molecule has 1 aliphatic carbocycles. The molecule has 23 heavy (non-hydrogen) atoms. The molecule has 2 aromatic rings. The van der Waals surface area contributed by atoms with Gasteiger partial charge in [-0.15, -0.1) is 0 Å². The fourth-order valence-electron chi connectivity index (χ4n) is 2.65. The van der Waals surface area contributed by atoms with E-state index in [1.54, 1.807) is 0 Å². The van der Waals surface area contributed by atoms with Gasteiger partial charge in [0.15, 0.2) is 0 Å². The van der Waals surface area contributed by atoms with Gasteiger partial charge in [0.25, 0.3) is 0 Å². The number of hydrogen-bond acceptors (Lipinski definition) is 2. The number of rotatable bonds is 9. The van der Waals surface area contributed by atoms with Crippen LogP contribution in [0.25, 0.3) is 0 Å². The van der Waals surface area contributed by atoms with Crippen molar-refractivity contribution in [2.45, 2.75) is 19.6 Å². The minimum atomic E-state index is 0.672. The van der Waals surface area contributed by atoms with Gasteiger partial charge in [0.2, 0.25) is 0 Å². The van der Waals surface area contributed by atoms with Crippen LogP contribution in [0.1, 0.15) is 17.5 Å². The zero-order valence-corrected chi connectivity index (χ0v) is 13.4. The third-order valence-corrected chi connectivity index (χ3v) is 4.13. The van der Waals surface area contributed by atoms with E-state index in [1.165, 1.54) is 17.5 Å². The van der Waals surface area contributed by atoms with Crippen LogP contribution in [-0.4, -0.2) is 13.2 Å². The van der Waals surface area contributed by atoms with Gasteiger partial charge in [-0.3, -0.25) is 0 Å². The van der Waals surface area contributed by atoms with Crippen molar-refractivity contribution in [2.75, 3.05) is 13.2 Å². The van der Waals surface area contributed by atoms with Gasteiger partial charge in [0, 0.05) is 0 Å². The molecule has 0 heterocycles. The molecule has 1 aliphatic rings. The summed E-state index contributed by atoms with van der Waals surface area (Å²) in [5, 5.41) is 0. The lowest BCUT2D eigenvalue weighted by Crippen LogP contribution is -1.98. The molecule has 0 unspecified atom stereocenters. The number of hydrogen-bond donors (Lipinski definition) is 0. The van der Waals surface area contributed by atoms with E-state index in [0.717, 1.165) is 6.61 Å².